The zero-order valence-electron chi connectivity index (χ0n) is 6.47. The average molecular weight is 138 g/mol. The van der Waals surface area contributed by atoms with Crippen molar-refractivity contribution in [2.75, 3.05) is 6.61 Å². The van der Waals surface area contributed by atoms with Crippen molar-refractivity contribution in [3.8, 4) is 0 Å². The second-order valence-corrected chi connectivity index (χ2v) is 3.33. The molecule has 0 amide bonds. The molecule has 2 unspecified atom stereocenters. The highest BCUT2D eigenvalue weighted by molar-refractivity contribution is 5.11. The van der Waals surface area contributed by atoms with Gasteiger partial charge in [-0.05, 0) is 26.2 Å². The summed E-state index contributed by atoms with van der Waals surface area (Å²) >= 11 is 0. The predicted molar refractivity (Wildman–Crippen MR) is 40.8 cm³/mol. The van der Waals surface area contributed by atoms with E-state index < -0.39 is 0 Å². The zero-order valence-corrected chi connectivity index (χ0v) is 6.47. The highest BCUT2D eigenvalue weighted by Gasteiger charge is 2.30. The molecule has 1 aliphatic heterocycles. The fourth-order valence-electron chi connectivity index (χ4n) is 2.08. The molecule has 0 radical (unpaired) electrons. The van der Waals surface area contributed by atoms with Crippen LogP contribution in [0.15, 0.2) is 11.6 Å². The first-order valence-corrected chi connectivity index (χ1v) is 4.16. The van der Waals surface area contributed by atoms with E-state index in [0.717, 1.165) is 12.5 Å². The summed E-state index contributed by atoms with van der Waals surface area (Å²) < 4.78 is 5.59. The third-order valence-electron chi connectivity index (χ3n) is 2.71. The molecule has 10 heavy (non-hydrogen) atoms. The minimum atomic E-state index is 0.574. The van der Waals surface area contributed by atoms with Crippen LogP contribution in [0.3, 0.4) is 0 Å². The van der Waals surface area contributed by atoms with E-state index in [-0.39, 0.29) is 0 Å². The van der Waals surface area contributed by atoms with Crippen molar-refractivity contribution in [3.63, 3.8) is 0 Å². The lowest BCUT2D eigenvalue weighted by Gasteiger charge is -2.22. The van der Waals surface area contributed by atoms with Gasteiger partial charge in [-0.15, -0.1) is 0 Å². The summed E-state index contributed by atoms with van der Waals surface area (Å²) in [6.45, 7) is 3.23. The highest BCUT2D eigenvalue weighted by atomic mass is 16.5. The van der Waals surface area contributed by atoms with Crippen LogP contribution in [0.25, 0.3) is 0 Å². The molecule has 0 aromatic rings. The van der Waals surface area contributed by atoms with Crippen LogP contribution in [0.4, 0.5) is 0 Å². The first-order valence-electron chi connectivity index (χ1n) is 4.16. The van der Waals surface area contributed by atoms with Crippen molar-refractivity contribution in [2.45, 2.75) is 32.3 Å². The van der Waals surface area contributed by atoms with E-state index in [1.54, 1.807) is 5.57 Å². The number of allylic oxidation sites excluding steroid dienone is 1. The number of fused-ring (bicyclic) bond motifs is 1. The topological polar surface area (TPSA) is 9.23 Å². The Morgan fingerprint density at radius 2 is 2.40 bits per heavy atom. The van der Waals surface area contributed by atoms with Gasteiger partial charge in [-0.25, -0.2) is 0 Å². The maximum absolute atomic E-state index is 5.59. The number of ether oxygens (including phenoxy) is 1. The fraction of sp³-hybridized carbons (Fsp3) is 0.778. The molecule has 0 aromatic heterocycles. The van der Waals surface area contributed by atoms with Gasteiger partial charge in [-0.1, -0.05) is 11.6 Å². The summed E-state index contributed by atoms with van der Waals surface area (Å²) in [6, 6.07) is 0. The van der Waals surface area contributed by atoms with Crippen LogP contribution in [0.5, 0.6) is 0 Å². The molecule has 1 saturated heterocycles. The average Bonchev–Trinajstić information content (AvgIpc) is 2.36. The molecule has 0 aromatic carbocycles. The molecule has 2 aliphatic rings. The molecule has 1 fully saturated rings. The molecule has 0 N–H and O–H groups in total. The standard InChI is InChI=1S/C9H14O/c1-7-3-2-4-9-8(7)5-6-10-9/h3,8-9H,2,4-6H2,1H3. The number of hydrogen-bond donors (Lipinski definition) is 0. The third-order valence-corrected chi connectivity index (χ3v) is 2.71. The lowest BCUT2D eigenvalue weighted by Crippen LogP contribution is -2.19. The minimum Gasteiger partial charge on any atom is -0.378 e. The SMILES string of the molecule is CC1=CCCC2OCCC12. The maximum atomic E-state index is 5.59. The Bertz CT molecular complexity index is 160. The van der Waals surface area contributed by atoms with E-state index in [9.17, 15) is 0 Å². The molecule has 1 aliphatic carbocycles. The number of rotatable bonds is 0. The van der Waals surface area contributed by atoms with E-state index in [1.807, 2.05) is 0 Å². The van der Waals surface area contributed by atoms with E-state index in [1.165, 1.54) is 19.3 Å². The van der Waals surface area contributed by atoms with Crippen LogP contribution in [0.1, 0.15) is 26.2 Å². The molecule has 0 spiro atoms. The molecule has 1 heteroatoms. The summed E-state index contributed by atoms with van der Waals surface area (Å²) in [7, 11) is 0. The Morgan fingerprint density at radius 3 is 3.20 bits per heavy atom. The van der Waals surface area contributed by atoms with Gasteiger partial charge in [0.2, 0.25) is 0 Å². The van der Waals surface area contributed by atoms with Crippen molar-refractivity contribution in [2.24, 2.45) is 5.92 Å². The lowest BCUT2D eigenvalue weighted by atomic mass is 9.86. The minimum absolute atomic E-state index is 0.574. The number of hydrogen-bond acceptors (Lipinski definition) is 1. The molecule has 1 heterocycles. The summed E-state index contributed by atoms with van der Waals surface area (Å²) in [4.78, 5) is 0. The fourth-order valence-corrected chi connectivity index (χ4v) is 2.08. The summed E-state index contributed by atoms with van der Waals surface area (Å²) in [5.74, 6) is 0.772. The molecule has 1 nitrogen and oxygen atoms in total. The Morgan fingerprint density at radius 1 is 1.50 bits per heavy atom. The molecule has 0 bridgehead atoms. The van der Waals surface area contributed by atoms with E-state index >= 15 is 0 Å². The van der Waals surface area contributed by atoms with Crippen LogP contribution < -0.4 is 0 Å². The zero-order chi connectivity index (χ0) is 6.97. The Kier molecular flexibility index (Phi) is 1.53. The summed E-state index contributed by atoms with van der Waals surface area (Å²) in [6.07, 6.45) is 6.68. The van der Waals surface area contributed by atoms with Gasteiger partial charge in [0.25, 0.3) is 0 Å². The van der Waals surface area contributed by atoms with Crippen molar-refractivity contribution in [1.82, 2.24) is 0 Å². The molecule has 0 saturated carbocycles. The first kappa shape index (κ1) is 6.41. The van der Waals surface area contributed by atoms with Crippen LogP contribution in [0.2, 0.25) is 0 Å². The van der Waals surface area contributed by atoms with Gasteiger partial charge in [0.05, 0.1) is 6.10 Å². The van der Waals surface area contributed by atoms with Crippen molar-refractivity contribution >= 4 is 0 Å². The summed E-state index contributed by atoms with van der Waals surface area (Å²) in [5, 5.41) is 0. The summed E-state index contributed by atoms with van der Waals surface area (Å²) in [5.41, 5.74) is 1.56. The Labute approximate surface area is 62.1 Å². The molecule has 2 atom stereocenters. The van der Waals surface area contributed by atoms with Gasteiger partial charge in [0, 0.05) is 12.5 Å². The van der Waals surface area contributed by atoms with Crippen LogP contribution in [0, 0.1) is 5.92 Å². The van der Waals surface area contributed by atoms with Gasteiger partial charge < -0.3 is 4.74 Å². The van der Waals surface area contributed by atoms with Crippen molar-refractivity contribution < 1.29 is 4.74 Å². The van der Waals surface area contributed by atoms with Gasteiger partial charge >= 0.3 is 0 Å². The van der Waals surface area contributed by atoms with E-state index in [0.29, 0.717) is 6.10 Å². The maximum Gasteiger partial charge on any atom is 0.0644 e. The molecule has 56 valence electrons. The van der Waals surface area contributed by atoms with Gasteiger partial charge in [-0.3, -0.25) is 0 Å². The predicted octanol–water partition coefficient (Wildman–Crippen LogP) is 2.13. The Hall–Kier alpha value is -0.300. The Balaban J connectivity index is 2.16. The quantitative estimate of drug-likeness (QED) is 0.466. The van der Waals surface area contributed by atoms with Gasteiger partial charge in [0.15, 0.2) is 0 Å². The smallest absolute Gasteiger partial charge is 0.0644 e. The van der Waals surface area contributed by atoms with Crippen molar-refractivity contribution in [1.29, 1.82) is 0 Å². The van der Waals surface area contributed by atoms with Gasteiger partial charge in [0.1, 0.15) is 0 Å². The van der Waals surface area contributed by atoms with E-state index in [2.05, 4.69) is 13.0 Å². The van der Waals surface area contributed by atoms with Crippen molar-refractivity contribution in [3.05, 3.63) is 11.6 Å². The van der Waals surface area contributed by atoms with E-state index in [4.69, 9.17) is 4.74 Å². The van der Waals surface area contributed by atoms with Crippen LogP contribution in [-0.2, 0) is 4.74 Å². The van der Waals surface area contributed by atoms with Gasteiger partial charge in [-0.2, -0.15) is 0 Å². The molecular formula is C9H14O. The lowest BCUT2D eigenvalue weighted by molar-refractivity contribution is 0.0874. The monoisotopic (exact) mass is 138 g/mol. The second kappa shape index (κ2) is 2.39. The first-order chi connectivity index (χ1) is 4.88. The largest absolute Gasteiger partial charge is 0.378 e. The highest BCUT2D eigenvalue weighted by Crippen LogP contribution is 2.34. The third kappa shape index (κ3) is 0.891. The van der Waals surface area contributed by atoms with Crippen LogP contribution >= 0.6 is 0 Å². The molecular weight excluding hydrogens is 124 g/mol. The second-order valence-electron chi connectivity index (χ2n) is 3.33. The molecule has 2 rings (SSSR count). The van der Waals surface area contributed by atoms with Crippen LogP contribution in [-0.4, -0.2) is 12.7 Å². The normalized spacial score (nSPS) is 39.1.